The Kier molecular flexibility index (Phi) is 4.25. The number of hydrogen-bond donors (Lipinski definition) is 2. The number of carboxylic acids is 1. The van der Waals surface area contributed by atoms with Crippen LogP contribution < -0.4 is 0 Å². The van der Waals surface area contributed by atoms with Crippen LogP contribution in [0.25, 0.3) is 0 Å². The summed E-state index contributed by atoms with van der Waals surface area (Å²) in [7, 11) is 0. The molecule has 1 radical (unpaired) electrons. The topological polar surface area (TPSA) is 57.6 Å². The van der Waals surface area contributed by atoms with E-state index >= 15 is 0 Å². The van der Waals surface area contributed by atoms with Gasteiger partial charge in [-0.25, -0.2) is 4.79 Å². The number of carbonyl (C=O) groups is 2. The monoisotopic (exact) mass is 216 g/mol. The summed E-state index contributed by atoms with van der Waals surface area (Å²) in [5, 5.41) is 8.88. The van der Waals surface area contributed by atoms with Crippen LogP contribution in [0.5, 0.6) is 0 Å². The van der Waals surface area contributed by atoms with Crippen molar-refractivity contribution in [3.8, 4) is 0 Å². The molecule has 1 N–H and O–H groups in total. The van der Waals surface area contributed by atoms with Crippen LogP contribution in [0.2, 0.25) is 0 Å². The van der Waals surface area contributed by atoms with E-state index in [1.54, 1.807) is 0 Å². The lowest BCUT2D eigenvalue weighted by molar-refractivity contribution is -0.144. The number of nitrogens with zero attached hydrogens (tertiary/aromatic N) is 1. The summed E-state index contributed by atoms with van der Waals surface area (Å²) in [4.78, 5) is 23.7. The lowest BCUT2D eigenvalue weighted by atomic mass is 10.0. The molecule has 1 rings (SSSR count). The Labute approximate surface area is 88.7 Å². The highest BCUT2D eigenvalue weighted by Gasteiger charge is 2.32. The van der Waals surface area contributed by atoms with Crippen LogP contribution in [-0.2, 0) is 9.59 Å². The van der Waals surface area contributed by atoms with E-state index in [0.29, 0.717) is 25.1 Å². The van der Waals surface area contributed by atoms with E-state index in [9.17, 15) is 9.59 Å². The Morgan fingerprint density at radius 3 is 2.71 bits per heavy atom. The zero-order valence-corrected chi connectivity index (χ0v) is 8.80. The molecular weight excluding hydrogens is 202 g/mol. The molecule has 0 unspecified atom stereocenters. The molecule has 1 amide bonds. The molecule has 0 aromatic carbocycles. The molecule has 0 aromatic rings. The van der Waals surface area contributed by atoms with Crippen molar-refractivity contribution in [1.29, 1.82) is 0 Å². The van der Waals surface area contributed by atoms with Crippen molar-refractivity contribution in [1.82, 2.24) is 4.90 Å². The van der Waals surface area contributed by atoms with Crippen molar-refractivity contribution in [3.05, 3.63) is 6.04 Å². The zero-order chi connectivity index (χ0) is 10.6. The normalized spacial score (nSPS) is 18.2. The second-order valence-electron chi connectivity index (χ2n) is 3.23. The first-order valence-electron chi connectivity index (χ1n) is 4.67. The van der Waals surface area contributed by atoms with Crippen molar-refractivity contribution in [2.75, 3.05) is 12.3 Å². The minimum Gasteiger partial charge on any atom is -0.479 e. The molecule has 0 bridgehead atoms. The van der Waals surface area contributed by atoms with Gasteiger partial charge in [-0.3, -0.25) is 4.79 Å². The van der Waals surface area contributed by atoms with Crippen molar-refractivity contribution in [2.45, 2.75) is 25.7 Å². The van der Waals surface area contributed by atoms with Gasteiger partial charge in [0.2, 0.25) is 5.91 Å². The summed E-state index contributed by atoms with van der Waals surface area (Å²) in [6.07, 6.45) is 2.54. The third-order valence-electron chi connectivity index (χ3n) is 2.24. The van der Waals surface area contributed by atoms with Gasteiger partial charge >= 0.3 is 5.97 Å². The number of carbonyl (C=O) groups excluding carboxylic acids is 1. The van der Waals surface area contributed by atoms with Gasteiger partial charge in [-0.1, -0.05) is 0 Å². The number of rotatable bonds is 3. The molecule has 1 aliphatic rings. The number of thiol groups is 1. The van der Waals surface area contributed by atoms with Crippen LogP contribution in [0.15, 0.2) is 0 Å². The first-order valence-corrected chi connectivity index (χ1v) is 5.30. The largest absolute Gasteiger partial charge is 0.479 e. The molecule has 1 heterocycles. The maximum absolute atomic E-state index is 11.5. The van der Waals surface area contributed by atoms with Crippen molar-refractivity contribution in [3.63, 3.8) is 0 Å². The van der Waals surface area contributed by atoms with Gasteiger partial charge in [0.05, 0.1) is 0 Å². The third-order valence-corrected chi connectivity index (χ3v) is 2.47. The molecule has 1 aliphatic heterocycles. The lowest BCUT2D eigenvalue weighted by Gasteiger charge is -2.31. The Hall–Kier alpha value is -0.710. The average Bonchev–Trinajstić information content (AvgIpc) is 2.18. The van der Waals surface area contributed by atoms with E-state index < -0.39 is 5.97 Å². The van der Waals surface area contributed by atoms with Crippen LogP contribution in [0, 0.1) is 6.04 Å². The maximum Gasteiger partial charge on any atom is 0.332 e. The van der Waals surface area contributed by atoms with Crippen molar-refractivity contribution >= 4 is 24.5 Å². The third kappa shape index (κ3) is 2.64. The lowest BCUT2D eigenvalue weighted by Crippen LogP contribution is -2.42. The molecule has 79 valence electrons. The molecule has 0 aromatic heterocycles. The summed E-state index contributed by atoms with van der Waals surface area (Å²) in [5.74, 6) is -0.642. The number of aliphatic carboxylic acids is 1. The average molecular weight is 216 g/mol. The van der Waals surface area contributed by atoms with E-state index in [-0.39, 0.29) is 11.9 Å². The Morgan fingerprint density at radius 1 is 1.43 bits per heavy atom. The Morgan fingerprint density at radius 2 is 2.14 bits per heavy atom. The fourth-order valence-electron chi connectivity index (χ4n) is 1.56. The number of likely N-dealkylation sites (tertiary alicyclic amines) is 1. The summed E-state index contributed by atoms with van der Waals surface area (Å²) in [6, 6.07) is 0.239. The first kappa shape index (κ1) is 11.4. The minimum atomic E-state index is -0.975. The van der Waals surface area contributed by atoms with Crippen LogP contribution in [0.1, 0.15) is 25.7 Å². The second-order valence-corrected chi connectivity index (χ2v) is 3.68. The van der Waals surface area contributed by atoms with Gasteiger partial charge in [0.15, 0.2) is 6.04 Å². The van der Waals surface area contributed by atoms with Gasteiger partial charge in [0.25, 0.3) is 0 Å². The van der Waals surface area contributed by atoms with Crippen LogP contribution in [0.3, 0.4) is 0 Å². The van der Waals surface area contributed by atoms with E-state index in [1.807, 2.05) is 0 Å². The molecule has 0 atom stereocenters. The smallest absolute Gasteiger partial charge is 0.332 e. The van der Waals surface area contributed by atoms with Gasteiger partial charge in [-0.15, -0.1) is 0 Å². The Bertz CT molecular complexity index is 232. The number of amides is 1. The van der Waals surface area contributed by atoms with Crippen molar-refractivity contribution in [2.24, 2.45) is 0 Å². The summed E-state index contributed by atoms with van der Waals surface area (Å²) < 4.78 is 0. The molecule has 0 spiro atoms. The molecule has 1 fully saturated rings. The standard InChI is InChI=1S/C9H14NO3S/c11-8(4-6-14)10-5-2-1-3-7(10)9(12)13/h14H,1-6H2,(H,12,13). The maximum atomic E-state index is 11.5. The number of piperidine rings is 1. The van der Waals surface area contributed by atoms with Gasteiger partial charge in [0, 0.05) is 13.0 Å². The molecule has 4 nitrogen and oxygen atoms in total. The number of carboxylic acid groups (broad SMARTS) is 1. The van der Waals surface area contributed by atoms with E-state index in [2.05, 4.69) is 12.6 Å². The van der Waals surface area contributed by atoms with Crippen LogP contribution >= 0.6 is 12.6 Å². The highest BCUT2D eigenvalue weighted by atomic mass is 32.1. The van der Waals surface area contributed by atoms with Gasteiger partial charge in [0.1, 0.15) is 0 Å². The van der Waals surface area contributed by atoms with E-state index in [0.717, 1.165) is 12.8 Å². The quantitative estimate of drug-likeness (QED) is 0.690. The number of hydrogen-bond acceptors (Lipinski definition) is 3. The zero-order valence-electron chi connectivity index (χ0n) is 7.90. The molecular formula is C9H14NO3S. The molecule has 14 heavy (non-hydrogen) atoms. The predicted octanol–water partition coefficient (Wildman–Crippen LogP) is 0.935. The minimum absolute atomic E-state index is 0.128. The Balaban J connectivity index is 2.62. The van der Waals surface area contributed by atoms with Gasteiger partial charge < -0.3 is 10.0 Å². The highest BCUT2D eigenvalue weighted by Crippen LogP contribution is 2.24. The first-order chi connectivity index (χ1) is 6.66. The van der Waals surface area contributed by atoms with Crippen LogP contribution in [0.4, 0.5) is 0 Å². The molecule has 1 saturated heterocycles. The fourth-order valence-corrected chi connectivity index (χ4v) is 1.75. The SMILES string of the molecule is O=C(O)[C]1CCCCN1C(=O)CCS. The van der Waals surface area contributed by atoms with Crippen LogP contribution in [-0.4, -0.2) is 34.2 Å². The molecule has 0 aliphatic carbocycles. The molecule has 0 saturated carbocycles. The summed E-state index contributed by atoms with van der Waals surface area (Å²) in [6.45, 7) is 0.536. The van der Waals surface area contributed by atoms with E-state index in [4.69, 9.17) is 5.11 Å². The summed E-state index contributed by atoms with van der Waals surface area (Å²) >= 11 is 3.96. The van der Waals surface area contributed by atoms with Gasteiger partial charge in [-0.2, -0.15) is 12.6 Å². The van der Waals surface area contributed by atoms with E-state index in [1.165, 1.54) is 4.90 Å². The highest BCUT2D eigenvalue weighted by molar-refractivity contribution is 7.80. The molecule has 5 heteroatoms. The fraction of sp³-hybridized carbons (Fsp3) is 0.667. The second kappa shape index (κ2) is 5.24. The van der Waals surface area contributed by atoms with Gasteiger partial charge in [-0.05, 0) is 25.0 Å². The van der Waals surface area contributed by atoms with Crippen molar-refractivity contribution < 1.29 is 14.7 Å². The predicted molar refractivity (Wildman–Crippen MR) is 54.9 cm³/mol. The summed E-state index contributed by atoms with van der Waals surface area (Å²) in [5.41, 5.74) is 0.